The molecule has 0 radical (unpaired) electrons. The lowest BCUT2D eigenvalue weighted by atomic mass is 9.80. The number of aryl methyl sites for hydroxylation is 1. The van der Waals surface area contributed by atoms with E-state index in [2.05, 4.69) is 19.9 Å². The lowest BCUT2D eigenvalue weighted by Gasteiger charge is -2.37. The Balaban J connectivity index is 2.06. The van der Waals surface area contributed by atoms with Gasteiger partial charge in [0.25, 0.3) is 0 Å². The van der Waals surface area contributed by atoms with E-state index in [4.69, 9.17) is 10.2 Å². The zero-order valence-electron chi connectivity index (χ0n) is 10.3. The molecule has 1 aliphatic carbocycles. The number of hydrogen-bond acceptors (Lipinski definition) is 3. The van der Waals surface area contributed by atoms with Crippen molar-refractivity contribution in [3.8, 4) is 0 Å². The first kappa shape index (κ1) is 12.1. The van der Waals surface area contributed by atoms with E-state index in [1.54, 1.807) is 6.26 Å². The van der Waals surface area contributed by atoms with Crippen molar-refractivity contribution in [2.24, 2.45) is 17.6 Å². The highest BCUT2D eigenvalue weighted by molar-refractivity contribution is 8.00. The highest BCUT2D eigenvalue weighted by Crippen LogP contribution is 2.40. The summed E-state index contributed by atoms with van der Waals surface area (Å²) in [5, 5.41) is 0.535. The van der Waals surface area contributed by atoms with E-state index in [0.29, 0.717) is 17.2 Å². The van der Waals surface area contributed by atoms with Gasteiger partial charge in [0.05, 0.1) is 6.26 Å². The zero-order chi connectivity index (χ0) is 11.7. The standard InChI is InChI=1S/C13H21NOS/c1-8-6-9(2)13(11(14)7-8)16-12-4-5-15-10(12)3/h4-5,8-9,11,13H,6-7,14H2,1-3H3. The van der Waals surface area contributed by atoms with Crippen LogP contribution in [0, 0.1) is 18.8 Å². The largest absolute Gasteiger partial charge is 0.468 e. The molecule has 0 spiro atoms. The maximum atomic E-state index is 6.28. The van der Waals surface area contributed by atoms with Gasteiger partial charge in [0.2, 0.25) is 0 Å². The first-order valence-electron chi connectivity index (χ1n) is 6.04. The Kier molecular flexibility index (Phi) is 3.65. The number of rotatable bonds is 2. The molecule has 0 aliphatic heterocycles. The molecule has 90 valence electrons. The molecule has 1 heterocycles. The van der Waals surface area contributed by atoms with Gasteiger partial charge >= 0.3 is 0 Å². The topological polar surface area (TPSA) is 39.2 Å². The lowest BCUT2D eigenvalue weighted by Crippen LogP contribution is -2.42. The van der Waals surface area contributed by atoms with Crippen molar-refractivity contribution in [2.45, 2.75) is 49.8 Å². The van der Waals surface area contributed by atoms with Crippen LogP contribution < -0.4 is 5.73 Å². The van der Waals surface area contributed by atoms with Crippen LogP contribution >= 0.6 is 11.8 Å². The minimum absolute atomic E-state index is 0.318. The molecule has 4 unspecified atom stereocenters. The van der Waals surface area contributed by atoms with Gasteiger partial charge in [-0.2, -0.15) is 0 Å². The van der Waals surface area contributed by atoms with Crippen LogP contribution in [-0.2, 0) is 0 Å². The van der Waals surface area contributed by atoms with Gasteiger partial charge in [-0.25, -0.2) is 0 Å². The number of furan rings is 1. The summed E-state index contributed by atoms with van der Waals surface area (Å²) in [5.41, 5.74) is 6.28. The van der Waals surface area contributed by atoms with Gasteiger partial charge < -0.3 is 10.2 Å². The first-order chi connectivity index (χ1) is 7.58. The molecule has 16 heavy (non-hydrogen) atoms. The van der Waals surface area contributed by atoms with Crippen molar-refractivity contribution < 1.29 is 4.42 Å². The zero-order valence-corrected chi connectivity index (χ0v) is 11.1. The third kappa shape index (κ3) is 2.46. The van der Waals surface area contributed by atoms with Gasteiger partial charge in [-0.1, -0.05) is 13.8 Å². The van der Waals surface area contributed by atoms with Crippen LogP contribution in [0.15, 0.2) is 21.6 Å². The molecule has 1 aliphatic rings. The van der Waals surface area contributed by atoms with Gasteiger partial charge in [0, 0.05) is 16.2 Å². The minimum atomic E-state index is 0.318. The predicted molar refractivity (Wildman–Crippen MR) is 68.6 cm³/mol. The lowest BCUT2D eigenvalue weighted by molar-refractivity contribution is 0.279. The fraction of sp³-hybridized carbons (Fsp3) is 0.692. The van der Waals surface area contributed by atoms with E-state index in [0.717, 1.165) is 18.1 Å². The van der Waals surface area contributed by atoms with Crippen molar-refractivity contribution in [1.29, 1.82) is 0 Å². The van der Waals surface area contributed by atoms with E-state index in [-0.39, 0.29) is 0 Å². The Bertz CT molecular complexity index is 337. The van der Waals surface area contributed by atoms with Gasteiger partial charge in [-0.15, -0.1) is 11.8 Å². The van der Waals surface area contributed by atoms with Crippen LogP contribution in [0.5, 0.6) is 0 Å². The molecule has 3 heteroatoms. The van der Waals surface area contributed by atoms with Crippen LogP contribution in [0.25, 0.3) is 0 Å². The molecule has 1 saturated carbocycles. The Morgan fingerprint density at radius 1 is 1.38 bits per heavy atom. The average Bonchev–Trinajstić information content (AvgIpc) is 2.57. The molecule has 1 aromatic rings. The van der Waals surface area contributed by atoms with E-state index < -0.39 is 0 Å². The second-order valence-electron chi connectivity index (χ2n) is 5.14. The summed E-state index contributed by atoms with van der Waals surface area (Å²) in [6.07, 6.45) is 4.21. The molecule has 0 amide bonds. The van der Waals surface area contributed by atoms with Gasteiger partial charge in [-0.05, 0) is 37.7 Å². The summed E-state index contributed by atoms with van der Waals surface area (Å²) in [5.74, 6) is 2.48. The molecule has 0 bridgehead atoms. The highest BCUT2D eigenvalue weighted by Gasteiger charge is 2.32. The van der Waals surface area contributed by atoms with Crippen LogP contribution in [-0.4, -0.2) is 11.3 Å². The second kappa shape index (κ2) is 4.84. The number of hydrogen-bond donors (Lipinski definition) is 1. The Hall–Kier alpha value is -0.410. The summed E-state index contributed by atoms with van der Waals surface area (Å²) < 4.78 is 5.34. The fourth-order valence-electron chi connectivity index (χ4n) is 2.73. The molecular weight excluding hydrogens is 218 g/mol. The van der Waals surface area contributed by atoms with Crippen LogP contribution in [0.4, 0.5) is 0 Å². The minimum Gasteiger partial charge on any atom is -0.468 e. The molecule has 0 saturated heterocycles. The molecular formula is C13H21NOS. The molecule has 2 rings (SSSR count). The highest BCUT2D eigenvalue weighted by atomic mass is 32.2. The smallest absolute Gasteiger partial charge is 0.114 e. The van der Waals surface area contributed by atoms with Crippen molar-refractivity contribution in [3.63, 3.8) is 0 Å². The quantitative estimate of drug-likeness (QED) is 0.859. The Morgan fingerprint density at radius 2 is 2.12 bits per heavy atom. The summed E-state index contributed by atoms with van der Waals surface area (Å²) in [6, 6.07) is 2.37. The summed E-state index contributed by atoms with van der Waals surface area (Å²) >= 11 is 1.90. The fourth-order valence-corrected chi connectivity index (χ4v) is 4.00. The normalized spacial score (nSPS) is 35.2. The van der Waals surface area contributed by atoms with Crippen molar-refractivity contribution in [3.05, 3.63) is 18.1 Å². The van der Waals surface area contributed by atoms with Crippen molar-refractivity contribution in [1.82, 2.24) is 0 Å². The summed E-state index contributed by atoms with van der Waals surface area (Å²) in [7, 11) is 0. The first-order valence-corrected chi connectivity index (χ1v) is 6.92. The van der Waals surface area contributed by atoms with Crippen LogP contribution in [0.3, 0.4) is 0 Å². The molecule has 2 nitrogen and oxygen atoms in total. The Morgan fingerprint density at radius 3 is 2.69 bits per heavy atom. The SMILES string of the molecule is Cc1occc1SC1C(C)CC(C)CC1N. The molecule has 4 atom stereocenters. The summed E-state index contributed by atoms with van der Waals surface area (Å²) in [6.45, 7) is 6.65. The van der Waals surface area contributed by atoms with Crippen molar-refractivity contribution >= 4 is 11.8 Å². The number of nitrogens with two attached hydrogens (primary N) is 1. The maximum Gasteiger partial charge on any atom is 0.114 e. The third-order valence-electron chi connectivity index (χ3n) is 3.51. The molecule has 0 aromatic carbocycles. The van der Waals surface area contributed by atoms with E-state index in [9.17, 15) is 0 Å². The van der Waals surface area contributed by atoms with E-state index >= 15 is 0 Å². The molecule has 1 fully saturated rings. The predicted octanol–water partition coefficient (Wildman–Crippen LogP) is 3.44. The third-order valence-corrected chi connectivity index (χ3v) is 5.27. The van der Waals surface area contributed by atoms with Gasteiger partial charge in [-0.3, -0.25) is 0 Å². The number of thioether (sulfide) groups is 1. The monoisotopic (exact) mass is 239 g/mol. The molecule has 2 N–H and O–H groups in total. The van der Waals surface area contributed by atoms with Crippen molar-refractivity contribution in [2.75, 3.05) is 0 Å². The van der Waals surface area contributed by atoms with Crippen LogP contribution in [0.2, 0.25) is 0 Å². The average molecular weight is 239 g/mol. The van der Waals surface area contributed by atoms with E-state index in [1.165, 1.54) is 11.3 Å². The van der Waals surface area contributed by atoms with Crippen LogP contribution in [0.1, 0.15) is 32.4 Å². The second-order valence-corrected chi connectivity index (χ2v) is 6.36. The van der Waals surface area contributed by atoms with Gasteiger partial charge in [0.15, 0.2) is 0 Å². The van der Waals surface area contributed by atoms with Gasteiger partial charge in [0.1, 0.15) is 5.76 Å². The van der Waals surface area contributed by atoms with E-state index in [1.807, 2.05) is 18.7 Å². The molecule has 1 aromatic heterocycles. The Labute approximate surface area is 102 Å². The summed E-state index contributed by atoms with van der Waals surface area (Å²) in [4.78, 5) is 1.25. The maximum absolute atomic E-state index is 6.28.